The van der Waals surface area contributed by atoms with Crippen LogP contribution in [0.5, 0.6) is 0 Å². The highest BCUT2D eigenvalue weighted by Gasteiger charge is 2.35. The molecule has 8 nitrogen and oxygen atoms in total. The summed E-state index contributed by atoms with van der Waals surface area (Å²) in [6.45, 7) is 5.59. The quantitative estimate of drug-likeness (QED) is 0.755. The van der Waals surface area contributed by atoms with Crippen LogP contribution >= 0.6 is 0 Å². The first-order valence-electron chi connectivity index (χ1n) is 9.57. The van der Waals surface area contributed by atoms with Gasteiger partial charge in [0.25, 0.3) is 0 Å². The molecule has 2 fully saturated rings. The maximum atomic E-state index is 13.7. The molecule has 3 heterocycles. The Kier molecular flexibility index (Phi) is 6.43. The van der Waals surface area contributed by atoms with Crippen LogP contribution in [0.4, 0.5) is 16.2 Å². The van der Waals surface area contributed by atoms with Crippen molar-refractivity contribution < 1.29 is 14.3 Å². The molecular formula is C18H29FN6O2. The van der Waals surface area contributed by atoms with Gasteiger partial charge in [-0.2, -0.15) is 4.98 Å². The smallest absolute Gasteiger partial charge is 0.303 e. The summed E-state index contributed by atoms with van der Waals surface area (Å²) < 4.78 is 13.7. The number of piperidine rings is 1. The number of carboxylic acids is 1. The minimum Gasteiger partial charge on any atom is -0.481 e. The normalized spacial score (nSPS) is 24.8. The Morgan fingerprint density at radius 3 is 2.74 bits per heavy atom. The summed E-state index contributed by atoms with van der Waals surface area (Å²) in [5.41, 5.74) is 0. The van der Waals surface area contributed by atoms with E-state index in [4.69, 9.17) is 5.11 Å². The molecule has 0 aliphatic carbocycles. The molecule has 2 saturated heterocycles. The number of carboxylic acid groups (broad SMARTS) is 1. The summed E-state index contributed by atoms with van der Waals surface area (Å²) in [7, 11) is 3.76. The lowest BCUT2D eigenvalue weighted by Gasteiger charge is -2.46. The van der Waals surface area contributed by atoms with Crippen LogP contribution in [0.2, 0.25) is 0 Å². The van der Waals surface area contributed by atoms with Crippen LogP contribution < -0.4 is 10.2 Å². The third kappa shape index (κ3) is 4.84. The fraction of sp³-hybridized carbons (Fsp3) is 0.722. The monoisotopic (exact) mass is 380 g/mol. The number of rotatable bonds is 6. The fourth-order valence-corrected chi connectivity index (χ4v) is 4.11. The highest BCUT2D eigenvalue weighted by molar-refractivity contribution is 5.66. The van der Waals surface area contributed by atoms with Crippen LogP contribution in [-0.2, 0) is 4.79 Å². The summed E-state index contributed by atoms with van der Waals surface area (Å²) in [5.74, 6) is -0.332. The zero-order valence-corrected chi connectivity index (χ0v) is 16.1. The van der Waals surface area contributed by atoms with E-state index < -0.39 is 11.8 Å². The molecule has 150 valence electrons. The third-order valence-corrected chi connectivity index (χ3v) is 5.68. The zero-order valence-electron chi connectivity index (χ0n) is 16.1. The van der Waals surface area contributed by atoms with Crippen LogP contribution in [0.25, 0.3) is 0 Å². The summed E-state index contributed by atoms with van der Waals surface area (Å²) >= 11 is 0. The largest absolute Gasteiger partial charge is 0.481 e. The van der Waals surface area contributed by atoms with Gasteiger partial charge in [-0.05, 0) is 25.8 Å². The maximum absolute atomic E-state index is 13.7. The lowest BCUT2D eigenvalue weighted by molar-refractivity contribution is -0.137. The Morgan fingerprint density at radius 2 is 2.07 bits per heavy atom. The van der Waals surface area contributed by atoms with Crippen molar-refractivity contribution in [2.24, 2.45) is 5.92 Å². The minimum atomic E-state index is -0.764. The van der Waals surface area contributed by atoms with Gasteiger partial charge < -0.3 is 20.2 Å². The van der Waals surface area contributed by atoms with Gasteiger partial charge in [0.15, 0.2) is 11.6 Å². The van der Waals surface area contributed by atoms with Gasteiger partial charge in [0.1, 0.15) is 0 Å². The molecule has 2 N–H and O–H groups in total. The number of halogens is 1. The Bertz CT molecular complexity index is 653. The SMILES string of the molecule is CNc1nc(N2CC[C@@H](N3CCN(C)CC3)[C@@H](CCC(=O)O)C2)ncc1F. The van der Waals surface area contributed by atoms with Crippen molar-refractivity contribution in [3.05, 3.63) is 12.0 Å². The number of aromatic nitrogens is 2. The highest BCUT2D eigenvalue weighted by atomic mass is 19.1. The third-order valence-electron chi connectivity index (χ3n) is 5.68. The van der Waals surface area contributed by atoms with Gasteiger partial charge in [-0.15, -0.1) is 0 Å². The summed E-state index contributed by atoms with van der Waals surface area (Å²) in [6.07, 6.45) is 2.91. The number of nitrogens with zero attached hydrogens (tertiary/aromatic N) is 5. The number of carbonyl (C=O) groups is 1. The molecule has 0 amide bonds. The molecule has 0 saturated carbocycles. The van der Waals surface area contributed by atoms with E-state index in [1.54, 1.807) is 7.05 Å². The second kappa shape index (κ2) is 8.79. The predicted octanol–water partition coefficient (Wildman–Crippen LogP) is 0.965. The van der Waals surface area contributed by atoms with E-state index in [2.05, 4.69) is 37.0 Å². The lowest BCUT2D eigenvalue weighted by atomic mass is 9.86. The Morgan fingerprint density at radius 1 is 1.33 bits per heavy atom. The number of hydrogen-bond donors (Lipinski definition) is 2. The molecule has 0 spiro atoms. The fourth-order valence-electron chi connectivity index (χ4n) is 4.11. The Hall–Kier alpha value is -2.00. The summed E-state index contributed by atoms with van der Waals surface area (Å²) in [6, 6.07) is 0.374. The van der Waals surface area contributed by atoms with Gasteiger partial charge >= 0.3 is 5.97 Å². The molecule has 1 aromatic heterocycles. The van der Waals surface area contributed by atoms with Gasteiger partial charge in [0.05, 0.1) is 6.20 Å². The lowest BCUT2D eigenvalue weighted by Crippen LogP contribution is -2.56. The zero-order chi connectivity index (χ0) is 19.4. The second-order valence-corrected chi connectivity index (χ2v) is 7.45. The van der Waals surface area contributed by atoms with Crippen LogP contribution in [0.3, 0.4) is 0 Å². The molecule has 27 heavy (non-hydrogen) atoms. The van der Waals surface area contributed by atoms with Gasteiger partial charge in [-0.1, -0.05) is 0 Å². The number of likely N-dealkylation sites (N-methyl/N-ethyl adjacent to an activating group) is 1. The molecule has 2 aliphatic heterocycles. The minimum absolute atomic E-state index is 0.161. The molecule has 0 bridgehead atoms. The van der Waals surface area contributed by atoms with Gasteiger partial charge in [-0.3, -0.25) is 9.69 Å². The first-order chi connectivity index (χ1) is 13.0. The molecular weight excluding hydrogens is 351 g/mol. The molecule has 2 atom stereocenters. The van der Waals surface area contributed by atoms with E-state index in [1.165, 1.54) is 6.20 Å². The van der Waals surface area contributed by atoms with Crippen LogP contribution in [0, 0.1) is 11.7 Å². The second-order valence-electron chi connectivity index (χ2n) is 7.45. The standard InChI is InChI=1S/C18H29FN6O2/c1-20-17-14(19)11-21-18(22-17)25-6-5-15(13(12-25)3-4-16(26)27)24-9-7-23(2)8-10-24/h11,13,15H,3-10,12H2,1-2H3,(H,26,27)(H,20,21,22)/t13-,15+/m0/s1. The van der Waals surface area contributed by atoms with E-state index in [9.17, 15) is 9.18 Å². The number of piperazine rings is 1. The van der Waals surface area contributed by atoms with E-state index in [0.717, 1.165) is 39.1 Å². The highest BCUT2D eigenvalue weighted by Crippen LogP contribution is 2.29. The molecule has 9 heteroatoms. The Labute approximate surface area is 159 Å². The topological polar surface area (TPSA) is 84.8 Å². The molecule has 0 aromatic carbocycles. The molecule has 1 aromatic rings. The maximum Gasteiger partial charge on any atom is 0.303 e. The average Bonchev–Trinajstić information content (AvgIpc) is 2.67. The molecule has 0 unspecified atom stereocenters. The Balaban J connectivity index is 1.73. The summed E-state index contributed by atoms with van der Waals surface area (Å²) in [4.78, 5) is 26.5. The van der Waals surface area contributed by atoms with Gasteiger partial charge in [0, 0.05) is 58.8 Å². The van der Waals surface area contributed by atoms with E-state index in [0.29, 0.717) is 25.0 Å². The van der Waals surface area contributed by atoms with Crippen molar-refractivity contribution in [2.75, 3.05) is 63.6 Å². The summed E-state index contributed by atoms with van der Waals surface area (Å²) in [5, 5.41) is 11.9. The number of anilines is 2. The molecule has 2 aliphatic rings. The number of aliphatic carboxylic acids is 1. The first-order valence-corrected chi connectivity index (χ1v) is 9.57. The van der Waals surface area contributed by atoms with Gasteiger partial charge in [0.2, 0.25) is 5.95 Å². The molecule has 3 rings (SSSR count). The van der Waals surface area contributed by atoms with E-state index in [-0.39, 0.29) is 18.2 Å². The number of hydrogen-bond acceptors (Lipinski definition) is 7. The first kappa shape index (κ1) is 19.8. The van der Waals surface area contributed by atoms with Crippen molar-refractivity contribution in [3.63, 3.8) is 0 Å². The van der Waals surface area contributed by atoms with Crippen LogP contribution in [0.1, 0.15) is 19.3 Å². The van der Waals surface area contributed by atoms with Gasteiger partial charge in [-0.25, -0.2) is 9.37 Å². The van der Waals surface area contributed by atoms with Crippen molar-refractivity contribution in [1.82, 2.24) is 19.8 Å². The van der Waals surface area contributed by atoms with Crippen LogP contribution in [0.15, 0.2) is 6.20 Å². The van der Waals surface area contributed by atoms with Crippen molar-refractivity contribution in [2.45, 2.75) is 25.3 Å². The van der Waals surface area contributed by atoms with E-state index >= 15 is 0 Å². The number of nitrogens with one attached hydrogen (secondary N) is 1. The average molecular weight is 380 g/mol. The van der Waals surface area contributed by atoms with Crippen LogP contribution in [-0.4, -0.2) is 90.2 Å². The van der Waals surface area contributed by atoms with Crippen molar-refractivity contribution in [1.29, 1.82) is 0 Å². The molecule has 0 radical (unpaired) electrons. The van der Waals surface area contributed by atoms with Crippen molar-refractivity contribution in [3.8, 4) is 0 Å². The van der Waals surface area contributed by atoms with E-state index in [1.807, 2.05) is 0 Å². The van der Waals surface area contributed by atoms with Crippen molar-refractivity contribution >= 4 is 17.7 Å². The predicted molar refractivity (Wildman–Crippen MR) is 102 cm³/mol.